The van der Waals surface area contributed by atoms with Crippen LogP contribution in [-0.4, -0.2) is 259 Å². The molecule has 0 bridgehead atoms. The Bertz CT molecular complexity index is 2990. The number of nitrogens with two attached hydrogens (primary N) is 16. The predicted octanol–water partition coefficient (Wildman–Crippen LogP) is -2.62. The molecule has 0 saturated carbocycles. The number of hydrogen-bond donors (Lipinski definition) is 28. The number of hydrogen-bond acceptors (Lipinski definition) is 30. The lowest BCUT2D eigenvalue weighted by atomic mass is 9.90. The number of nitrogens with one attached hydrogen (secondary N) is 12. The highest BCUT2D eigenvalue weighted by atomic mass is 16.2. The van der Waals surface area contributed by atoms with E-state index in [-0.39, 0.29) is 119 Å². The number of unbranched alkanes of at least 4 members (excludes halogenated alkanes) is 18. The van der Waals surface area contributed by atoms with Gasteiger partial charge in [0.15, 0.2) is 5.78 Å². The van der Waals surface area contributed by atoms with Crippen molar-refractivity contribution in [2.24, 2.45) is 97.7 Å². The minimum atomic E-state index is -1.16. The van der Waals surface area contributed by atoms with Gasteiger partial charge in [0.1, 0.15) is 30.0 Å². The van der Waals surface area contributed by atoms with E-state index in [0.717, 1.165) is 25.7 Å². The van der Waals surface area contributed by atoms with E-state index in [1.165, 1.54) is 0 Å². The summed E-state index contributed by atoms with van der Waals surface area (Å²) in [6.45, 7) is 5.12. The lowest BCUT2D eigenvalue weighted by Gasteiger charge is -2.24. The second-order valence-electron chi connectivity index (χ2n) is 35.8. The number of ketones is 2. The Balaban J connectivity index is 7.09. The van der Waals surface area contributed by atoms with E-state index in [9.17, 15) is 67.1 Å². The molecule has 0 aromatic rings. The molecule has 0 rings (SSSR count). The van der Waals surface area contributed by atoms with E-state index in [1.54, 1.807) is 0 Å². The molecule has 0 aromatic heterocycles. The molecule has 14 unspecified atom stereocenters. The lowest BCUT2D eigenvalue weighted by molar-refractivity contribution is -0.133. The minimum absolute atomic E-state index is 0.0636. The maximum atomic E-state index is 14.7. The quantitative estimate of drug-likeness (QED) is 0.0277. The van der Waals surface area contributed by atoms with E-state index in [2.05, 4.69) is 63.8 Å². The van der Waals surface area contributed by atoms with Gasteiger partial charge in [-0.25, -0.2) is 0 Å². The van der Waals surface area contributed by atoms with Crippen LogP contribution in [0.1, 0.15) is 315 Å². The average molecular weight is 1910 g/mol. The van der Waals surface area contributed by atoms with Gasteiger partial charge in [-0.1, -0.05) is 77.0 Å². The van der Waals surface area contributed by atoms with E-state index < -0.39 is 132 Å². The molecule has 0 aliphatic heterocycles. The summed E-state index contributed by atoms with van der Waals surface area (Å²) in [5.41, 5.74) is 95.0. The first-order chi connectivity index (χ1) is 64.4. The summed E-state index contributed by atoms with van der Waals surface area (Å²) < 4.78 is 0. The van der Waals surface area contributed by atoms with Gasteiger partial charge in [-0.05, 0) is 277 Å². The molecular formula is C92H186N28O14. The largest absolute Gasteiger partial charge is 0.355 e. The third-order valence-corrected chi connectivity index (χ3v) is 23.9. The molecule has 0 saturated heterocycles. The monoisotopic (exact) mass is 1910 g/mol. The van der Waals surface area contributed by atoms with Gasteiger partial charge in [0.05, 0.1) is 54.4 Å². The summed E-state index contributed by atoms with van der Waals surface area (Å²) in [7, 11) is 0. The normalized spacial score (nSPS) is 14.5. The van der Waals surface area contributed by atoms with Crippen molar-refractivity contribution in [1.29, 1.82) is 0 Å². The van der Waals surface area contributed by atoms with Crippen LogP contribution in [-0.2, 0) is 67.1 Å². The zero-order chi connectivity index (χ0) is 99.9. The highest BCUT2D eigenvalue weighted by molar-refractivity contribution is 5.95. The molecule has 0 spiro atoms. The van der Waals surface area contributed by atoms with Gasteiger partial charge in [0.25, 0.3) is 0 Å². The van der Waals surface area contributed by atoms with Crippen LogP contribution in [0.3, 0.4) is 0 Å². The van der Waals surface area contributed by atoms with Crippen molar-refractivity contribution in [3.63, 3.8) is 0 Å². The van der Waals surface area contributed by atoms with E-state index in [4.69, 9.17) is 91.7 Å². The van der Waals surface area contributed by atoms with Gasteiger partial charge in [0, 0.05) is 64.6 Å². The Morgan fingerprint density at radius 3 is 0.634 bits per heavy atom. The van der Waals surface area contributed by atoms with Crippen LogP contribution in [0.15, 0.2) is 0 Å². The molecule has 0 radical (unpaired) electrons. The Labute approximate surface area is 798 Å². The Morgan fingerprint density at radius 1 is 0.164 bits per heavy atom. The molecule has 0 aliphatic rings. The third kappa shape index (κ3) is 64.4. The lowest BCUT2D eigenvalue weighted by Crippen LogP contribution is -2.55. The zero-order valence-corrected chi connectivity index (χ0v) is 81.3. The van der Waals surface area contributed by atoms with E-state index in [1.807, 2.05) is 0 Å². The topological polar surface area (TPSA) is 800 Å². The Hall–Kier alpha value is -7.66. The van der Waals surface area contributed by atoms with Gasteiger partial charge in [-0.15, -0.1) is 0 Å². The number of Topliss-reactive ketones (excluding diaryl/α,β-unsaturated/α-hetero) is 2. The fraction of sp³-hybridized carbons (Fsp3) is 0.848. The molecule has 0 aliphatic carbocycles. The van der Waals surface area contributed by atoms with Crippen molar-refractivity contribution >= 4 is 82.5 Å². The highest BCUT2D eigenvalue weighted by Gasteiger charge is 2.33. The van der Waals surface area contributed by atoms with Crippen LogP contribution in [0.2, 0.25) is 0 Å². The minimum Gasteiger partial charge on any atom is -0.355 e. The Kier molecular flexibility index (Phi) is 78.7. The number of carbonyl (C=O) groups is 14. The van der Waals surface area contributed by atoms with E-state index >= 15 is 0 Å². The summed E-state index contributed by atoms with van der Waals surface area (Å²) in [4.78, 5) is 192. The van der Waals surface area contributed by atoms with Crippen molar-refractivity contribution in [3.8, 4) is 0 Å². The molecule has 42 heteroatoms. The van der Waals surface area contributed by atoms with Gasteiger partial charge in [0.2, 0.25) is 70.9 Å². The molecule has 12 amide bonds. The van der Waals surface area contributed by atoms with Crippen LogP contribution in [0.25, 0.3) is 0 Å². The van der Waals surface area contributed by atoms with Crippen LogP contribution >= 0.6 is 0 Å². The van der Waals surface area contributed by atoms with E-state index in [0.29, 0.717) is 303 Å². The van der Waals surface area contributed by atoms with Crippen LogP contribution in [0.4, 0.5) is 0 Å². The molecule has 778 valence electrons. The van der Waals surface area contributed by atoms with Crippen molar-refractivity contribution in [2.75, 3.05) is 98.2 Å². The Morgan fingerprint density at radius 2 is 0.358 bits per heavy atom. The molecule has 134 heavy (non-hydrogen) atoms. The molecule has 42 nitrogen and oxygen atoms in total. The van der Waals surface area contributed by atoms with Crippen molar-refractivity contribution in [3.05, 3.63) is 0 Å². The van der Waals surface area contributed by atoms with Crippen LogP contribution in [0, 0.1) is 5.92 Å². The smallest absolute Gasteiger partial charge is 0.243 e. The highest BCUT2D eigenvalue weighted by Crippen LogP contribution is 2.20. The van der Waals surface area contributed by atoms with Crippen molar-refractivity contribution in [2.45, 2.75) is 393 Å². The zero-order valence-electron chi connectivity index (χ0n) is 81.3. The third-order valence-electron chi connectivity index (χ3n) is 23.9. The molecule has 0 heterocycles. The first-order valence-corrected chi connectivity index (χ1v) is 50.6. The van der Waals surface area contributed by atoms with Crippen LogP contribution in [0.5, 0.6) is 0 Å². The summed E-state index contributed by atoms with van der Waals surface area (Å²) >= 11 is 0. The molecule has 14 atom stereocenters. The van der Waals surface area contributed by atoms with Gasteiger partial charge in [-0.2, -0.15) is 0 Å². The second-order valence-corrected chi connectivity index (χ2v) is 35.8. The average Bonchev–Trinajstić information content (AvgIpc) is 0.841. The van der Waals surface area contributed by atoms with Gasteiger partial charge in [-0.3, -0.25) is 67.1 Å². The fourth-order valence-electron chi connectivity index (χ4n) is 15.0. The van der Waals surface area contributed by atoms with Gasteiger partial charge >= 0.3 is 0 Å². The fourth-order valence-corrected chi connectivity index (χ4v) is 15.0. The molecule has 44 N–H and O–H groups in total. The first-order valence-electron chi connectivity index (χ1n) is 50.6. The first kappa shape index (κ1) is 126. The number of amides is 12. The summed E-state index contributed by atoms with van der Waals surface area (Å²) in [5.74, 6) is -6.91. The number of carbonyl (C=O) groups excluding carboxylic acids is 14. The molecule has 0 aromatic carbocycles. The standard InChI is InChI=1S/C92H186N28O14/c93-49-19-5-35-66(101)80(122)64-65(34-13-28-58-109-82(124)67(102)36-6-20-50-94)81(123)116-74(43-14-29-62-114-89(131)75(117-86(128)71(106)40-10-24-54-98)44-15-30-59-110-83(125)68(103)37-7-21-51-95)79(121)48-4-2-1-3-27-57-113-91(133)77(120-92(134)78(119-88(130)73(108)42-12-26-56-100)47-18-32-61-112-85(127)70(105)39-9-23-53-97)46-17-33-63-115-90(132)76(118-87(129)72(107)41-11-25-55-99)45-16-31-60-111-84(126)69(104)38-8-22-52-96/h65-78H,1-64,93-108H2,(H,109,124)(H,110,125)(H,111,126)(H,112,127)(H,113,133)(H,114,131)(H,115,132)(H,116,123)(H,117,128)(H,118,129)(H,119,130)(H,120,134). The van der Waals surface area contributed by atoms with Crippen molar-refractivity contribution < 1.29 is 67.1 Å². The summed E-state index contributed by atoms with van der Waals surface area (Å²) in [6.07, 6.45) is 22.4. The number of rotatable bonds is 91. The molecular weight excluding hydrogens is 1720 g/mol. The second kappa shape index (κ2) is 83.5. The maximum Gasteiger partial charge on any atom is 0.243 e. The predicted molar refractivity (Wildman–Crippen MR) is 527 cm³/mol. The van der Waals surface area contributed by atoms with Crippen molar-refractivity contribution in [1.82, 2.24) is 63.8 Å². The SMILES string of the molecule is NCCCCC(N)C(=O)CC(CCCCNC(=O)C(N)CCCCN)C(=O)NC(CCCCNC(=O)C(CCCCNC(=O)C(N)CCCCN)NC(=O)C(N)CCCCN)C(=O)CCCCCCCNC(=O)C(CCCCNC(=O)C(CCCCNC(=O)C(N)CCCCN)NC(=O)C(N)CCCCN)NC(=O)C(CCCCNC(=O)C(N)CCCCN)NC(=O)C(N)CCCCN. The summed E-state index contributed by atoms with van der Waals surface area (Å²) in [5, 5.41) is 34.5. The maximum absolute atomic E-state index is 14.7. The molecule has 0 fully saturated rings. The summed E-state index contributed by atoms with van der Waals surface area (Å²) in [6, 6.07) is -11.7. The van der Waals surface area contributed by atoms with Crippen LogP contribution < -0.4 is 156 Å². The van der Waals surface area contributed by atoms with Gasteiger partial charge < -0.3 is 156 Å².